The van der Waals surface area contributed by atoms with E-state index in [0.29, 0.717) is 54.6 Å². The van der Waals surface area contributed by atoms with Crippen LogP contribution in [0.15, 0.2) is 71.9 Å². The Hall–Kier alpha value is -4.23. The van der Waals surface area contributed by atoms with Gasteiger partial charge in [0.2, 0.25) is 12.1 Å². The molecule has 0 spiro atoms. The van der Waals surface area contributed by atoms with E-state index >= 15 is 0 Å². The lowest BCUT2D eigenvalue weighted by atomic mass is 9.55. The molecule has 12 heteroatoms. The molecule has 2 heterocycles. The highest BCUT2D eigenvalue weighted by Gasteiger charge is 2.65. The van der Waals surface area contributed by atoms with Gasteiger partial charge in [0.25, 0.3) is 0 Å². The number of aliphatic hydroxyl groups excluding tert-OH is 2. The summed E-state index contributed by atoms with van der Waals surface area (Å²) in [6.07, 6.45) is 23.3. The van der Waals surface area contributed by atoms with Crippen LogP contribution in [-0.2, 0) is 19.0 Å². The Bertz CT molecular complexity index is 1860. The first-order chi connectivity index (χ1) is 31.9. The van der Waals surface area contributed by atoms with E-state index in [1.165, 1.54) is 44.9 Å². The van der Waals surface area contributed by atoms with Crippen molar-refractivity contribution in [1.29, 1.82) is 0 Å². The minimum Gasteiger partial charge on any atom is -0.459 e. The fourth-order valence-corrected chi connectivity index (χ4v) is 10.5. The smallest absolute Gasteiger partial charge is 0.409 e. The van der Waals surface area contributed by atoms with Crippen molar-refractivity contribution in [1.82, 2.24) is 4.90 Å². The maximum absolute atomic E-state index is 14.3. The van der Waals surface area contributed by atoms with E-state index in [1.807, 2.05) is 24.3 Å². The number of amides is 1. The molecule has 2 N–H and O–H groups in total. The number of carbonyl (C=O) groups is 2. The fraction of sp³-hybridized carbons (Fsp3) is 0.642. The van der Waals surface area contributed by atoms with Gasteiger partial charge in [-0.15, -0.1) is 6.58 Å². The maximum Gasteiger partial charge on any atom is 0.409 e. The second-order valence-corrected chi connectivity index (χ2v) is 18.4. The number of ether oxygens (including phenoxy) is 5. The van der Waals surface area contributed by atoms with Gasteiger partial charge in [0, 0.05) is 50.1 Å². The van der Waals surface area contributed by atoms with Crippen LogP contribution >= 0.6 is 0 Å². The largest absolute Gasteiger partial charge is 0.459 e. The molecule has 12 nitrogen and oxygen atoms in total. The van der Waals surface area contributed by atoms with E-state index in [0.717, 1.165) is 81.6 Å². The lowest BCUT2D eigenvalue weighted by Gasteiger charge is -2.59. The number of aliphatic hydroxyl groups is 2. The van der Waals surface area contributed by atoms with Crippen molar-refractivity contribution in [3.63, 3.8) is 0 Å². The fourth-order valence-electron chi connectivity index (χ4n) is 10.5. The van der Waals surface area contributed by atoms with Gasteiger partial charge in [0.05, 0.1) is 31.5 Å². The highest BCUT2D eigenvalue weighted by atomic mass is 16.8. The maximum atomic E-state index is 14.3. The number of oxime groups is 1. The summed E-state index contributed by atoms with van der Waals surface area (Å²) in [6.45, 7) is 7.56. The number of fused-ring (bicyclic) bond motifs is 2. The zero-order valence-corrected chi connectivity index (χ0v) is 39.2. The van der Waals surface area contributed by atoms with Crippen LogP contribution in [0.4, 0.5) is 4.79 Å². The van der Waals surface area contributed by atoms with Gasteiger partial charge in [0.1, 0.15) is 29.6 Å². The summed E-state index contributed by atoms with van der Waals surface area (Å²) >= 11 is 0. The Morgan fingerprint density at radius 1 is 0.923 bits per heavy atom. The Labute approximate surface area is 387 Å². The Morgan fingerprint density at radius 2 is 1.66 bits per heavy atom. The van der Waals surface area contributed by atoms with Crippen LogP contribution < -0.4 is 9.47 Å². The first-order valence-corrected chi connectivity index (χ1v) is 24.9. The molecule has 2 aliphatic heterocycles. The van der Waals surface area contributed by atoms with Crippen LogP contribution in [0, 0.1) is 17.8 Å². The molecular weight excluding hydrogens is 825 g/mol. The van der Waals surface area contributed by atoms with Crippen molar-refractivity contribution in [3.05, 3.63) is 77.9 Å². The number of hydrogen-bond donors (Lipinski definition) is 2. The lowest BCUT2D eigenvalue weighted by molar-refractivity contribution is -0.254. The summed E-state index contributed by atoms with van der Waals surface area (Å²) in [6, 6.07) is 12.2. The van der Waals surface area contributed by atoms with Gasteiger partial charge in [-0.05, 0) is 92.7 Å². The summed E-state index contributed by atoms with van der Waals surface area (Å²) in [7, 11) is 1.76. The average molecular weight is 901 g/mol. The third kappa shape index (κ3) is 13.2. The monoisotopic (exact) mass is 901 g/mol. The van der Waals surface area contributed by atoms with Gasteiger partial charge in [-0.25, -0.2) is 4.79 Å². The van der Waals surface area contributed by atoms with Crippen molar-refractivity contribution < 1.29 is 48.3 Å². The minimum atomic E-state index is -1.39. The van der Waals surface area contributed by atoms with Crippen LogP contribution in [0.5, 0.6) is 17.2 Å². The quantitative estimate of drug-likeness (QED) is 0.0366. The van der Waals surface area contributed by atoms with Gasteiger partial charge in [0.15, 0.2) is 0 Å². The molecule has 2 aliphatic carbocycles. The molecule has 358 valence electrons. The van der Waals surface area contributed by atoms with E-state index in [-0.39, 0.29) is 44.0 Å². The highest BCUT2D eigenvalue weighted by Crippen LogP contribution is 2.62. The number of aldehydes is 1. The number of rotatable bonds is 28. The molecule has 7 atom stereocenters. The minimum absolute atomic E-state index is 0.0492. The molecule has 0 radical (unpaired) electrons. The van der Waals surface area contributed by atoms with E-state index in [1.54, 1.807) is 36.2 Å². The Kier molecular flexibility index (Phi) is 20.2. The first-order valence-electron chi connectivity index (χ1n) is 24.9. The molecule has 2 aromatic carbocycles. The number of hydrogen-bond acceptors (Lipinski definition) is 11. The van der Waals surface area contributed by atoms with Crippen molar-refractivity contribution in [2.24, 2.45) is 22.9 Å². The summed E-state index contributed by atoms with van der Waals surface area (Å²) in [5, 5.41) is 24.8. The number of likely N-dealkylation sites (N-methyl/N-ethyl adjacent to an activating group) is 1. The van der Waals surface area contributed by atoms with Gasteiger partial charge >= 0.3 is 6.09 Å². The zero-order valence-electron chi connectivity index (χ0n) is 39.2. The number of allylic oxidation sites excluding steroid dienone is 1. The molecule has 65 heavy (non-hydrogen) atoms. The van der Waals surface area contributed by atoms with Crippen molar-refractivity contribution in [2.45, 2.75) is 159 Å². The first kappa shape index (κ1) is 50.2. The van der Waals surface area contributed by atoms with Crippen molar-refractivity contribution in [2.75, 3.05) is 40.1 Å². The molecule has 0 bridgehead atoms. The predicted octanol–water partition coefficient (Wildman–Crippen LogP) is 11.4. The second kappa shape index (κ2) is 26.2. The number of unbranched alkanes of at least 4 members (excludes halogenated alkanes) is 11. The number of nitrogens with zero attached hydrogens (tertiary/aromatic N) is 2. The Morgan fingerprint density at radius 3 is 2.37 bits per heavy atom. The SMILES string of the molecule is C=CCO[C@@]12Oc3ccc(Oc4cccc(C=O)c4)cc3[C@H]3[C@H](CCCCO)[C@@H](CCCCO)C=C(C(=NOC4CCCCO4)C[C@@H]1N(C)C(=O)OCCCCCCCCCCCC)[C@H]32. The van der Waals surface area contributed by atoms with Crippen LogP contribution in [0.2, 0.25) is 0 Å². The number of carbonyl (C=O) groups excluding carboxylic acids is 2. The third-order valence-electron chi connectivity index (χ3n) is 13.8. The molecule has 1 amide bonds. The number of benzene rings is 2. The molecule has 6 rings (SSSR count). The van der Waals surface area contributed by atoms with Crippen molar-refractivity contribution in [3.8, 4) is 17.2 Å². The summed E-state index contributed by atoms with van der Waals surface area (Å²) in [5.41, 5.74) is 3.10. The van der Waals surface area contributed by atoms with Crippen LogP contribution in [-0.4, -0.2) is 91.4 Å². The molecule has 4 aliphatic rings. The normalized spacial score (nSPS) is 25.1. The lowest BCUT2D eigenvalue weighted by Crippen LogP contribution is -2.69. The zero-order chi connectivity index (χ0) is 45.9. The van der Waals surface area contributed by atoms with Gasteiger partial charge in [-0.3, -0.25) is 4.79 Å². The molecular formula is C53H76N2O10. The summed E-state index contributed by atoms with van der Waals surface area (Å²) in [4.78, 5) is 33.8. The Balaban J connectivity index is 1.39. The van der Waals surface area contributed by atoms with Crippen LogP contribution in [0.1, 0.15) is 157 Å². The molecule has 1 saturated carbocycles. The van der Waals surface area contributed by atoms with Crippen LogP contribution in [0.3, 0.4) is 0 Å². The molecule has 0 aromatic heterocycles. The van der Waals surface area contributed by atoms with E-state index in [4.69, 9.17) is 33.7 Å². The predicted molar refractivity (Wildman–Crippen MR) is 252 cm³/mol. The second-order valence-electron chi connectivity index (χ2n) is 18.4. The standard InChI is InChI=1S/C53H76N2O10/c1-4-6-7-8-9-10-11-12-13-19-33-61-52(59)55(3)48-37-46(54-65-49-26-16-20-32-60-49)44-35-40(23-14-17-29-56)43(25-15-18-30-57)50-45-36-42(63-41-24-21-22-39(34-41)38-58)27-28-47(45)64-53(48,51(44)50)62-31-5-2/h5,21-22,24,27-28,34-36,38,40,43,48-51,56-57H,2,4,6-20,23,25-26,29-33,37H2,1,3H3/t40-,43+,48-,49?,50+,51+,53+/m0/s1. The molecule has 2 aromatic rings. The molecule has 1 saturated heterocycles. The molecule has 2 fully saturated rings. The topological polar surface area (TPSA) is 146 Å². The highest BCUT2D eigenvalue weighted by molar-refractivity contribution is 6.03. The molecule has 1 unspecified atom stereocenters. The van der Waals surface area contributed by atoms with E-state index < -0.39 is 30.1 Å². The van der Waals surface area contributed by atoms with Gasteiger partial charge in [-0.1, -0.05) is 107 Å². The summed E-state index contributed by atoms with van der Waals surface area (Å²) < 4.78 is 32.8. The van der Waals surface area contributed by atoms with Crippen molar-refractivity contribution >= 4 is 18.1 Å². The van der Waals surface area contributed by atoms with E-state index in [9.17, 15) is 19.8 Å². The van der Waals surface area contributed by atoms with E-state index in [2.05, 4.69) is 19.6 Å². The average Bonchev–Trinajstić information content (AvgIpc) is 3.33. The van der Waals surface area contributed by atoms with Crippen LogP contribution in [0.25, 0.3) is 0 Å². The third-order valence-corrected chi connectivity index (χ3v) is 13.8. The summed E-state index contributed by atoms with van der Waals surface area (Å²) in [5.74, 6) is -0.219. The van der Waals surface area contributed by atoms with Gasteiger partial charge in [-0.2, -0.15) is 0 Å². The van der Waals surface area contributed by atoms with Gasteiger partial charge < -0.3 is 43.6 Å².